The first kappa shape index (κ1) is 14.8. The molecule has 6 nitrogen and oxygen atoms in total. The summed E-state index contributed by atoms with van der Waals surface area (Å²) < 4.78 is 0. The smallest absolute Gasteiger partial charge is 0.548 e. The summed E-state index contributed by atoms with van der Waals surface area (Å²) in [6, 6.07) is -0.931. The van der Waals surface area contributed by atoms with E-state index in [1.54, 1.807) is 0 Å². The molecule has 0 saturated carbocycles. The maximum absolute atomic E-state index is 10.1. The number of carbonyl (C=O) groups excluding carboxylic acids is 1. The summed E-state index contributed by atoms with van der Waals surface area (Å²) in [4.78, 5) is 13.8. The molecule has 70 valence electrons. The third-order valence-corrected chi connectivity index (χ3v) is 1.27. The number of aliphatic imine (C=N–C) groups is 1. The topological polar surface area (TPSA) is 131 Å². The number of hydrogen-bond donors (Lipinski definition) is 3. The van der Waals surface area contributed by atoms with E-state index in [4.69, 9.17) is 17.2 Å². The molecule has 0 spiro atoms. The zero-order valence-corrected chi connectivity index (χ0v) is 7.69. The Morgan fingerprint density at radius 2 is 2.00 bits per heavy atom. The van der Waals surface area contributed by atoms with E-state index in [1.807, 2.05) is 0 Å². The first-order chi connectivity index (χ1) is 5.54. The van der Waals surface area contributed by atoms with Crippen LogP contribution in [0.4, 0.5) is 0 Å². The van der Waals surface area contributed by atoms with Gasteiger partial charge in [-0.3, -0.25) is 4.99 Å². The monoisotopic (exact) mass is 180 g/mol. The van der Waals surface area contributed by atoms with Crippen LogP contribution in [0.3, 0.4) is 0 Å². The number of guanidine groups is 1. The van der Waals surface area contributed by atoms with Gasteiger partial charge in [0.1, 0.15) is 0 Å². The molecule has 0 aromatic heterocycles. The fourth-order valence-electron chi connectivity index (χ4n) is 0.637. The van der Waals surface area contributed by atoms with Gasteiger partial charge in [-0.1, -0.05) is 0 Å². The minimum absolute atomic E-state index is 0. The maximum Gasteiger partial charge on any atom is 1.00 e. The van der Waals surface area contributed by atoms with Crippen LogP contribution in [0.5, 0.6) is 0 Å². The van der Waals surface area contributed by atoms with E-state index in [-0.39, 0.29) is 24.8 Å². The third kappa shape index (κ3) is 9.21. The van der Waals surface area contributed by atoms with Crippen LogP contribution < -0.4 is 41.2 Å². The quantitative estimate of drug-likeness (QED) is 0.168. The fourth-order valence-corrected chi connectivity index (χ4v) is 0.637. The molecule has 0 unspecified atom stereocenters. The Morgan fingerprint density at radius 1 is 1.46 bits per heavy atom. The fraction of sp³-hybridized carbons (Fsp3) is 0.667. The van der Waals surface area contributed by atoms with E-state index in [0.29, 0.717) is 19.4 Å². The van der Waals surface area contributed by atoms with Gasteiger partial charge in [0.25, 0.3) is 0 Å². The number of aliphatic carboxylic acids is 1. The minimum atomic E-state index is -1.25. The summed E-state index contributed by atoms with van der Waals surface area (Å²) in [6.45, 7) is 0.392. The normalized spacial score (nSPS) is 11.2. The molecule has 1 atom stereocenters. The van der Waals surface area contributed by atoms with Crippen molar-refractivity contribution in [1.29, 1.82) is 0 Å². The van der Waals surface area contributed by atoms with Crippen molar-refractivity contribution in [1.82, 2.24) is 0 Å². The second-order valence-electron chi connectivity index (χ2n) is 2.37. The molecule has 7 heteroatoms. The van der Waals surface area contributed by atoms with Gasteiger partial charge in [-0.2, -0.15) is 0 Å². The predicted octanol–water partition coefficient (Wildman–Crippen LogP) is -5.88. The molecule has 0 saturated heterocycles. The number of carboxylic acid groups (broad SMARTS) is 1. The Hall–Kier alpha value is -0.703. The van der Waals surface area contributed by atoms with E-state index >= 15 is 0 Å². The van der Waals surface area contributed by atoms with Gasteiger partial charge in [-0.25, -0.2) is 0 Å². The molecule has 0 bridgehead atoms. The maximum atomic E-state index is 10.1. The second kappa shape index (κ2) is 7.92. The summed E-state index contributed by atoms with van der Waals surface area (Å²) in [5, 5.41) is 10.1. The number of nitrogens with two attached hydrogens (primary N) is 3. The van der Waals surface area contributed by atoms with Crippen LogP contribution in [0.1, 0.15) is 12.8 Å². The number of carboxylic acids is 1. The molecule has 0 fully saturated rings. The molecule has 0 aromatic rings. The predicted molar refractivity (Wildman–Crippen MR) is 42.9 cm³/mol. The third-order valence-electron chi connectivity index (χ3n) is 1.27. The van der Waals surface area contributed by atoms with Crippen LogP contribution in [0.25, 0.3) is 0 Å². The molecule has 0 aliphatic heterocycles. The van der Waals surface area contributed by atoms with Gasteiger partial charge in [-0.15, -0.1) is 0 Å². The summed E-state index contributed by atoms with van der Waals surface area (Å²) >= 11 is 0. The first-order valence-corrected chi connectivity index (χ1v) is 3.56. The van der Waals surface area contributed by atoms with Gasteiger partial charge in [0.05, 0.1) is 5.97 Å². The van der Waals surface area contributed by atoms with Crippen LogP contribution in [-0.4, -0.2) is 24.5 Å². The molecule has 0 aliphatic rings. The molecule has 0 aliphatic carbocycles. The van der Waals surface area contributed by atoms with E-state index in [0.717, 1.165) is 0 Å². The minimum Gasteiger partial charge on any atom is -0.548 e. The van der Waals surface area contributed by atoms with Crippen LogP contribution in [0.2, 0.25) is 0 Å². The largest absolute Gasteiger partial charge is 1.00 e. The second-order valence-corrected chi connectivity index (χ2v) is 2.37. The molecular weight excluding hydrogens is 167 g/mol. The van der Waals surface area contributed by atoms with Crippen molar-refractivity contribution >= 4 is 11.9 Å². The molecule has 0 rings (SSSR count). The molecule has 0 heterocycles. The SMILES string of the molecule is NC(N)=NCCC[C@H](N)C(=O)[O-].[Li+]. The summed E-state index contributed by atoms with van der Waals surface area (Å²) in [5.74, 6) is -1.25. The van der Waals surface area contributed by atoms with Crippen molar-refractivity contribution in [3.8, 4) is 0 Å². The molecule has 6 N–H and O–H groups in total. The Labute approximate surface area is 88.7 Å². The zero-order chi connectivity index (χ0) is 9.56. The van der Waals surface area contributed by atoms with Crippen LogP contribution in [0.15, 0.2) is 4.99 Å². The average molecular weight is 180 g/mol. The molecule has 0 radical (unpaired) electrons. The van der Waals surface area contributed by atoms with Gasteiger partial charge in [0, 0.05) is 12.6 Å². The summed E-state index contributed by atoms with van der Waals surface area (Å²) in [5.41, 5.74) is 15.2. The van der Waals surface area contributed by atoms with Gasteiger partial charge in [0.2, 0.25) is 0 Å². The molecule has 0 amide bonds. The van der Waals surface area contributed by atoms with Crippen molar-refractivity contribution in [2.45, 2.75) is 18.9 Å². The van der Waals surface area contributed by atoms with Gasteiger partial charge in [-0.05, 0) is 12.8 Å². The van der Waals surface area contributed by atoms with Crippen LogP contribution in [0, 0.1) is 0 Å². The summed E-state index contributed by atoms with van der Waals surface area (Å²) in [7, 11) is 0. The zero-order valence-electron chi connectivity index (χ0n) is 7.69. The average Bonchev–Trinajstić information content (AvgIpc) is 1.97. The van der Waals surface area contributed by atoms with Crippen molar-refractivity contribution in [3.63, 3.8) is 0 Å². The van der Waals surface area contributed by atoms with Gasteiger partial charge in [0.15, 0.2) is 5.96 Å². The van der Waals surface area contributed by atoms with Crippen molar-refractivity contribution < 1.29 is 28.8 Å². The molecule has 0 aromatic carbocycles. The van der Waals surface area contributed by atoms with Crippen LogP contribution >= 0.6 is 0 Å². The number of hydrogen-bond acceptors (Lipinski definition) is 4. The first-order valence-electron chi connectivity index (χ1n) is 3.56. The summed E-state index contributed by atoms with van der Waals surface area (Å²) in [6.07, 6.45) is 0.853. The van der Waals surface area contributed by atoms with Crippen LogP contribution in [-0.2, 0) is 4.79 Å². The molecular formula is C6H13LiN4O2. The van der Waals surface area contributed by atoms with E-state index in [9.17, 15) is 9.90 Å². The standard InChI is InChI=1S/C6H14N4O2.Li/c7-4(5(11)12)2-1-3-10-6(8)9;/h4H,1-3,7H2,(H,11,12)(H4,8,9,10);/q;+1/p-1/t4-;/m0./s1. The Kier molecular flexibility index (Phi) is 9.02. The van der Waals surface area contributed by atoms with Crippen molar-refractivity contribution in [3.05, 3.63) is 0 Å². The van der Waals surface area contributed by atoms with E-state index in [1.165, 1.54) is 0 Å². The number of nitrogens with zero attached hydrogens (tertiary/aromatic N) is 1. The Balaban J connectivity index is 0. The Morgan fingerprint density at radius 3 is 2.38 bits per heavy atom. The van der Waals surface area contributed by atoms with E-state index < -0.39 is 12.0 Å². The molecule has 13 heavy (non-hydrogen) atoms. The van der Waals surface area contributed by atoms with E-state index in [2.05, 4.69) is 4.99 Å². The van der Waals surface area contributed by atoms with Crippen molar-refractivity contribution in [2.75, 3.05) is 6.54 Å². The van der Waals surface area contributed by atoms with Crippen molar-refractivity contribution in [2.24, 2.45) is 22.2 Å². The van der Waals surface area contributed by atoms with Gasteiger partial charge < -0.3 is 27.1 Å². The number of rotatable bonds is 5. The van der Waals surface area contributed by atoms with Gasteiger partial charge >= 0.3 is 18.9 Å². The number of carbonyl (C=O) groups is 1. The Bertz CT molecular complexity index is 181.